The second kappa shape index (κ2) is 10.9. The minimum atomic E-state index is -0.355. The average Bonchev–Trinajstić information content (AvgIpc) is 2.84. The minimum absolute atomic E-state index is 0.0263. The van der Waals surface area contributed by atoms with Crippen molar-refractivity contribution in [2.75, 3.05) is 50.6 Å². The molecule has 0 aliphatic carbocycles. The lowest BCUT2D eigenvalue weighted by molar-refractivity contribution is 0.0773. The highest BCUT2D eigenvalue weighted by atomic mass is 16.5. The van der Waals surface area contributed by atoms with Gasteiger partial charge in [-0.25, -0.2) is 0 Å². The molecular weight excluding hydrogens is 406 g/mol. The lowest BCUT2D eigenvalue weighted by Crippen LogP contribution is -2.35. The quantitative estimate of drug-likeness (QED) is 0.659. The van der Waals surface area contributed by atoms with Crippen LogP contribution in [0.5, 0.6) is 11.5 Å². The number of ether oxygens (including phenoxy) is 2. The molecule has 0 atom stereocenters. The fraction of sp³-hybridized carbons (Fsp3) is 0.440. The van der Waals surface area contributed by atoms with Crippen LogP contribution in [0.15, 0.2) is 36.4 Å². The highest BCUT2D eigenvalue weighted by molar-refractivity contribution is 6.09. The van der Waals surface area contributed by atoms with Crippen LogP contribution in [0.2, 0.25) is 0 Å². The van der Waals surface area contributed by atoms with E-state index in [1.807, 2.05) is 26.0 Å². The Labute approximate surface area is 190 Å². The Morgan fingerprint density at radius 3 is 2.16 bits per heavy atom. The summed E-state index contributed by atoms with van der Waals surface area (Å²) in [7, 11) is 3.03. The van der Waals surface area contributed by atoms with Crippen molar-refractivity contribution in [3.8, 4) is 11.5 Å². The summed E-state index contributed by atoms with van der Waals surface area (Å²) in [5.41, 5.74) is 2.41. The number of piperidine rings is 1. The molecule has 0 bridgehead atoms. The Morgan fingerprint density at radius 1 is 0.969 bits per heavy atom. The lowest BCUT2D eigenvalue weighted by atomic mass is 10.0. The summed E-state index contributed by atoms with van der Waals surface area (Å²) in [6.07, 6.45) is 3.45. The smallest absolute Gasteiger partial charge is 0.263 e. The van der Waals surface area contributed by atoms with Crippen molar-refractivity contribution >= 4 is 23.2 Å². The number of benzene rings is 2. The van der Waals surface area contributed by atoms with Crippen LogP contribution in [0.4, 0.5) is 11.4 Å². The van der Waals surface area contributed by atoms with Gasteiger partial charge < -0.3 is 24.6 Å². The molecule has 2 aromatic rings. The number of amides is 2. The first-order valence-electron chi connectivity index (χ1n) is 11.2. The summed E-state index contributed by atoms with van der Waals surface area (Å²) < 4.78 is 10.7. The second-order valence-corrected chi connectivity index (χ2v) is 7.75. The maximum atomic E-state index is 13.3. The number of methoxy groups -OCH3 is 2. The molecular formula is C25H33N3O4. The highest BCUT2D eigenvalue weighted by Gasteiger charge is 2.23. The molecule has 0 saturated carbocycles. The third-order valence-corrected chi connectivity index (χ3v) is 5.89. The van der Waals surface area contributed by atoms with Crippen LogP contribution in [0, 0.1) is 0 Å². The summed E-state index contributed by atoms with van der Waals surface area (Å²) in [5.74, 6) is 0.463. The number of carbonyl (C=O) groups excluding carboxylic acids is 2. The fourth-order valence-corrected chi connectivity index (χ4v) is 4.15. The van der Waals surface area contributed by atoms with E-state index < -0.39 is 0 Å². The van der Waals surface area contributed by atoms with Crippen molar-refractivity contribution in [2.45, 2.75) is 33.1 Å². The molecule has 1 aliphatic heterocycles. The normalized spacial score (nSPS) is 13.4. The summed E-state index contributed by atoms with van der Waals surface area (Å²) >= 11 is 0. The highest BCUT2D eigenvalue weighted by Crippen LogP contribution is 2.31. The van der Waals surface area contributed by atoms with Gasteiger partial charge in [0.15, 0.2) is 0 Å². The first kappa shape index (κ1) is 23.4. The van der Waals surface area contributed by atoms with Gasteiger partial charge in [-0.1, -0.05) is 6.07 Å². The van der Waals surface area contributed by atoms with Crippen LogP contribution >= 0.6 is 0 Å². The largest absolute Gasteiger partial charge is 0.496 e. The number of carbonyl (C=O) groups is 2. The van der Waals surface area contributed by atoms with Gasteiger partial charge in [-0.05, 0) is 63.4 Å². The molecule has 0 spiro atoms. The Kier molecular flexibility index (Phi) is 7.98. The second-order valence-electron chi connectivity index (χ2n) is 7.75. The molecule has 1 saturated heterocycles. The molecule has 1 N–H and O–H groups in total. The van der Waals surface area contributed by atoms with Crippen molar-refractivity contribution in [1.82, 2.24) is 4.90 Å². The number of hydrogen-bond acceptors (Lipinski definition) is 5. The molecule has 0 unspecified atom stereocenters. The molecule has 0 radical (unpaired) electrons. The lowest BCUT2D eigenvalue weighted by Gasteiger charge is -2.31. The van der Waals surface area contributed by atoms with Crippen LogP contribution in [0.25, 0.3) is 0 Å². The van der Waals surface area contributed by atoms with Gasteiger partial charge in [0.1, 0.15) is 17.1 Å². The van der Waals surface area contributed by atoms with E-state index in [0.717, 1.165) is 31.6 Å². The Morgan fingerprint density at radius 2 is 1.59 bits per heavy atom. The first-order valence-corrected chi connectivity index (χ1v) is 11.2. The Balaban J connectivity index is 1.97. The number of hydrogen-bond donors (Lipinski definition) is 1. The van der Waals surface area contributed by atoms with E-state index in [1.165, 1.54) is 20.6 Å². The van der Waals surface area contributed by atoms with Gasteiger partial charge in [0, 0.05) is 37.6 Å². The van der Waals surface area contributed by atoms with Gasteiger partial charge >= 0.3 is 0 Å². The molecule has 7 nitrogen and oxygen atoms in total. The van der Waals surface area contributed by atoms with Crippen LogP contribution in [0.1, 0.15) is 53.8 Å². The summed E-state index contributed by atoms with van der Waals surface area (Å²) in [4.78, 5) is 30.5. The predicted molar refractivity (Wildman–Crippen MR) is 127 cm³/mol. The molecule has 7 heteroatoms. The van der Waals surface area contributed by atoms with Gasteiger partial charge in [-0.2, -0.15) is 0 Å². The monoisotopic (exact) mass is 439 g/mol. The van der Waals surface area contributed by atoms with Crippen LogP contribution in [-0.2, 0) is 0 Å². The van der Waals surface area contributed by atoms with E-state index in [0.29, 0.717) is 41.4 Å². The van der Waals surface area contributed by atoms with Gasteiger partial charge in [0.25, 0.3) is 11.8 Å². The van der Waals surface area contributed by atoms with E-state index in [2.05, 4.69) is 10.2 Å². The average molecular weight is 440 g/mol. The third kappa shape index (κ3) is 4.98. The standard InChI is InChI=1S/C25H33N3O4/c1-5-27(6-2)25(30)19-17-18(13-14-20(19)28-15-8-7-9-16-28)26-24(29)23-21(31-3)11-10-12-22(23)32-4/h10-14,17H,5-9,15-16H2,1-4H3,(H,26,29). The van der Waals surface area contributed by atoms with E-state index in [4.69, 9.17) is 9.47 Å². The van der Waals surface area contributed by atoms with Crippen molar-refractivity contribution in [3.63, 3.8) is 0 Å². The van der Waals surface area contributed by atoms with E-state index >= 15 is 0 Å². The summed E-state index contributed by atoms with van der Waals surface area (Å²) in [6.45, 7) is 7.07. The SMILES string of the molecule is CCN(CC)C(=O)c1cc(NC(=O)c2c(OC)cccc2OC)ccc1N1CCCCC1. The van der Waals surface area contributed by atoms with Crippen LogP contribution in [0.3, 0.4) is 0 Å². The van der Waals surface area contributed by atoms with Crippen LogP contribution in [-0.4, -0.2) is 57.1 Å². The van der Waals surface area contributed by atoms with Gasteiger partial charge in [-0.15, -0.1) is 0 Å². The van der Waals surface area contributed by atoms with E-state index in [9.17, 15) is 9.59 Å². The molecule has 32 heavy (non-hydrogen) atoms. The molecule has 172 valence electrons. The van der Waals surface area contributed by atoms with Gasteiger partial charge in [0.05, 0.1) is 19.8 Å². The number of rotatable bonds is 8. The number of nitrogens with zero attached hydrogens (tertiary/aromatic N) is 2. The maximum absolute atomic E-state index is 13.3. The molecule has 2 amide bonds. The van der Waals surface area contributed by atoms with Crippen LogP contribution < -0.4 is 19.7 Å². The van der Waals surface area contributed by atoms with E-state index in [-0.39, 0.29) is 11.8 Å². The van der Waals surface area contributed by atoms with E-state index in [1.54, 1.807) is 29.2 Å². The van der Waals surface area contributed by atoms with Gasteiger partial charge in [0.2, 0.25) is 0 Å². The van der Waals surface area contributed by atoms with Gasteiger partial charge in [-0.3, -0.25) is 9.59 Å². The molecule has 1 aliphatic rings. The summed E-state index contributed by atoms with van der Waals surface area (Å²) in [6, 6.07) is 10.8. The molecule has 0 aromatic heterocycles. The maximum Gasteiger partial charge on any atom is 0.263 e. The molecule has 3 rings (SSSR count). The zero-order chi connectivity index (χ0) is 23.1. The number of anilines is 2. The van der Waals surface area contributed by atoms with Crippen molar-refractivity contribution in [1.29, 1.82) is 0 Å². The Bertz CT molecular complexity index is 928. The topological polar surface area (TPSA) is 71.1 Å². The number of nitrogens with one attached hydrogen (secondary N) is 1. The zero-order valence-electron chi connectivity index (χ0n) is 19.4. The Hall–Kier alpha value is -3.22. The van der Waals surface area contributed by atoms with Crippen molar-refractivity contribution in [3.05, 3.63) is 47.5 Å². The van der Waals surface area contributed by atoms with Crippen molar-refractivity contribution in [2.24, 2.45) is 0 Å². The zero-order valence-corrected chi connectivity index (χ0v) is 19.4. The molecule has 1 fully saturated rings. The molecule has 2 aromatic carbocycles. The fourth-order valence-electron chi connectivity index (χ4n) is 4.15. The summed E-state index contributed by atoms with van der Waals surface area (Å²) in [5, 5.41) is 2.92. The predicted octanol–water partition coefficient (Wildman–Crippen LogP) is 4.43. The van der Waals surface area contributed by atoms with Crippen molar-refractivity contribution < 1.29 is 19.1 Å². The molecule has 1 heterocycles. The third-order valence-electron chi connectivity index (χ3n) is 5.89. The minimum Gasteiger partial charge on any atom is -0.496 e. The first-order chi connectivity index (χ1) is 15.5.